The largest absolute Gasteiger partial charge is 0.486 e. The van der Waals surface area contributed by atoms with Crippen LogP contribution in [0.4, 0.5) is 0 Å². The van der Waals surface area contributed by atoms with Crippen LogP contribution in [0.25, 0.3) is 0 Å². The second-order valence-electron chi connectivity index (χ2n) is 8.58. The van der Waals surface area contributed by atoms with E-state index in [-0.39, 0.29) is 0 Å². The smallest absolute Gasteiger partial charge is 0.161 e. The highest BCUT2D eigenvalue weighted by Gasteiger charge is 2.24. The van der Waals surface area contributed by atoms with Crippen LogP contribution in [0.5, 0.6) is 11.5 Å². The molecule has 0 aliphatic carbocycles. The number of ether oxygens (including phenoxy) is 2. The maximum absolute atomic E-state index is 5.30. The van der Waals surface area contributed by atoms with E-state index in [1.807, 2.05) is 24.3 Å². The van der Waals surface area contributed by atoms with E-state index in [0.29, 0.717) is 13.2 Å². The third-order valence-corrected chi connectivity index (χ3v) is 6.62. The molecule has 156 valence electrons. The summed E-state index contributed by atoms with van der Waals surface area (Å²) in [6, 6.07) is 9.55. The second kappa shape index (κ2) is 10.5. The molecule has 0 spiro atoms. The minimum atomic E-state index is 0.664. The molecule has 6 heterocycles. The number of nitrogens with one attached hydrogen (secondary N) is 1. The van der Waals surface area contributed by atoms with Crippen molar-refractivity contribution in [2.24, 2.45) is 0 Å². The summed E-state index contributed by atoms with van der Waals surface area (Å²) >= 11 is 0. The Kier molecular flexibility index (Phi) is 7.48. The fourth-order valence-corrected chi connectivity index (χ4v) is 4.92. The molecule has 0 unspecified atom stereocenters. The number of hydrogen-bond donors (Lipinski definition) is 1. The number of benzene rings is 1. The Morgan fingerprint density at radius 1 is 0.750 bits per heavy atom. The molecule has 5 saturated heterocycles. The molecule has 2 bridgehead atoms. The summed E-state index contributed by atoms with van der Waals surface area (Å²) in [5.74, 6) is 1.71. The molecule has 0 amide bonds. The van der Waals surface area contributed by atoms with Gasteiger partial charge >= 0.3 is 0 Å². The van der Waals surface area contributed by atoms with E-state index in [4.69, 9.17) is 9.47 Å². The van der Waals surface area contributed by atoms with E-state index in [2.05, 4.69) is 15.1 Å². The summed E-state index contributed by atoms with van der Waals surface area (Å²) in [6.45, 7) is 7.92. The number of fused-ring (bicyclic) bond motifs is 5. The topological polar surface area (TPSA) is 37.0 Å². The van der Waals surface area contributed by atoms with Crippen molar-refractivity contribution < 1.29 is 9.47 Å². The van der Waals surface area contributed by atoms with Crippen LogP contribution in [-0.4, -0.2) is 67.9 Å². The maximum atomic E-state index is 5.30. The first-order valence-corrected chi connectivity index (χ1v) is 11.4. The molecule has 0 radical (unpaired) electrons. The van der Waals surface area contributed by atoms with Gasteiger partial charge in [-0.1, -0.05) is 25.0 Å². The summed E-state index contributed by atoms with van der Waals surface area (Å²) < 4.78 is 10.6. The van der Waals surface area contributed by atoms with E-state index in [9.17, 15) is 0 Å². The minimum absolute atomic E-state index is 0.664. The predicted molar refractivity (Wildman–Crippen MR) is 113 cm³/mol. The number of piperidine rings is 3. The van der Waals surface area contributed by atoms with Gasteiger partial charge in [0.15, 0.2) is 11.5 Å². The Balaban J connectivity index is 0.000000104. The quantitative estimate of drug-likeness (QED) is 0.737. The maximum Gasteiger partial charge on any atom is 0.161 e. The van der Waals surface area contributed by atoms with E-state index in [1.54, 1.807) is 0 Å². The summed E-state index contributed by atoms with van der Waals surface area (Å²) in [7, 11) is 0. The Morgan fingerprint density at radius 2 is 1.36 bits per heavy atom. The van der Waals surface area contributed by atoms with Gasteiger partial charge in [-0.05, 0) is 63.7 Å². The summed E-state index contributed by atoms with van der Waals surface area (Å²) in [5, 5.41) is 3.44. The normalized spacial score (nSPS) is 28.9. The Bertz CT molecular complexity index is 515. The fraction of sp³-hybridized carbons (Fsp3) is 0.739. The lowest BCUT2D eigenvalue weighted by molar-refractivity contribution is 0.109. The van der Waals surface area contributed by atoms with Crippen LogP contribution in [0.2, 0.25) is 0 Å². The van der Waals surface area contributed by atoms with Crippen LogP contribution in [-0.2, 0) is 0 Å². The van der Waals surface area contributed by atoms with Gasteiger partial charge in [0.2, 0.25) is 0 Å². The molecular weight excluding hydrogens is 350 g/mol. The Hall–Kier alpha value is -1.30. The zero-order valence-electron chi connectivity index (χ0n) is 17.3. The molecule has 6 aliphatic rings. The average molecular weight is 388 g/mol. The summed E-state index contributed by atoms with van der Waals surface area (Å²) in [5.41, 5.74) is 0. The van der Waals surface area contributed by atoms with Gasteiger partial charge in [-0.25, -0.2) is 0 Å². The molecule has 1 N–H and O–H groups in total. The van der Waals surface area contributed by atoms with Crippen LogP contribution in [0, 0.1) is 0 Å². The van der Waals surface area contributed by atoms with Gasteiger partial charge in [-0.2, -0.15) is 0 Å². The lowest BCUT2D eigenvalue weighted by Gasteiger charge is -2.39. The van der Waals surface area contributed by atoms with Crippen LogP contribution < -0.4 is 14.8 Å². The highest BCUT2D eigenvalue weighted by molar-refractivity contribution is 5.40. The Labute approximate surface area is 170 Å². The van der Waals surface area contributed by atoms with Gasteiger partial charge in [0.25, 0.3) is 0 Å². The predicted octanol–water partition coefficient (Wildman–Crippen LogP) is 3.49. The first kappa shape index (κ1) is 20.0. The molecule has 6 aliphatic heterocycles. The van der Waals surface area contributed by atoms with Crippen LogP contribution in [0.3, 0.4) is 0 Å². The third-order valence-electron chi connectivity index (χ3n) is 6.62. The van der Waals surface area contributed by atoms with Gasteiger partial charge in [-0.15, -0.1) is 0 Å². The van der Waals surface area contributed by atoms with Gasteiger partial charge in [-0.3, -0.25) is 4.90 Å². The zero-order valence-corrected chi connectivity index (χ0v) is 17.3. The minimum Gasteiger partial charge on any atom is -0.486 e. The lowest BCUT2D eigenvalue weighted by Crippen LogP contribution is -2.54. The van der Waals surface area contributed by atoms with Crippen molar-refractivity contribution in [3.8, 4) is 11.5 Å². The second-order valence-corrected chi connectivity index (χ2v) is 8.58. The van der Waals surface area contributed by atoms with Crippen LogP contribution >= 0.6 is 0 Å². The standard InChI is InChI=1S/C9H17N.C8H8O2.C6H12N2/c1-3-7-10-8-4-2-6-9(10)5-1;1-2-4-8-7(3-1)9-5-6-10-8;1-3-8-4-2-6(1)7-5-8/h9H,1-8H2;1-4H,5-6H2;6-7H,1-5H2. The van der Waals surface area contributed by atoms with Crippen molar-refractivity contribution in [1.29, 1.82) is 0 Å². The number of para-hydroxylation sites is 2. The number of nitrogens with zero attached hydrogens (tertiary/aromatic N) is 2. The van der Waals surface area contributed by atoms with Gasteiger partial charge in [0.05, 0.1) is 0 Å². The number of rotatable bonds is 0. The monoisotopic (exact) mass is 387 g/mol. The van der Waals surface area contributed by atoms with Gasteiger partial charge < -0.3 is 19.7 Å². The van der Waals surface area contributed by atoms with Gasteiger partial charge in [0, 0.05) is 31.8 Å². The summed E-state index contributed by atoms with van der Waals surface area (Å²) in [4.78, 5) is 5.17. The molecule has 28 heavy (non-hydrogen) atoms. The molecular formula is C23H37N3O2. The molecule has 7 rings (SSSR count). The fourth-order valence-electron chi connectivity index (χ4n) is 4.92. The van der Waals surface area contributed by atoms with E-state index in [1.165, 1.54) is 77.5 Å². The number of hydrogen-bond acceptors (Lipinski definition) is 5. The highest BCUT2D eigenvalue weighted by atomic mass is 16.6. The van der Waals surface area contributed by atoms with Crippen LogP contribution in [0.1, 0.15) is 51.4 Å². The molecule has 5 fully saturated rings. The Morgan fingerprint density at radius 3 is 1.75 bits per heavy atom. The van der Waals surface area contributed by atoms with E-state index < -0.39 is 0 Å². The first-order chi connectivity index (χ1) is 13.9. The van der Waals surface area contributed by atoms with Crippen molar-refractivity contribution in [3.05, 3.63) is 24.3 Å². The van der Waals surface area contributed by atoms with Gasteiger partial charge in [0.1, 0.15) is 13.2 Å². The molecule has 0 saturated carbocycles. The van der Waals surface area contributed by atoms with Crippen molar-refractivity contribution in [1.82, 2.24) is 15.1 Å². The SMILES string of the molecule is C1CCN2CCCCC2C1.C1CN2CCC1NC2.c1ccc2c(c1)OCCO2. The molecule has 0 aromatic heterocycles. The lowest BCUT2D eigenvalue weighted by atomic mass is 9.93. The molecule has 5 heteroatoms. The van der Waals surface area contributed by atoms with Crippen molar-refractivity contribution in [3.63, 3.8) is 0 Å². The van der Waals surface area contributed by atoms with Crippen LogP contribution in [0.15, 0.2) is 24.3 Å². The highest BCUT2D eigenvalue weighted by Crippen LogP contribution is 2.28. The summed E-state index contributed by atoms with van der Waals surface area (Å²) in [6.07, 6.45) is 11.6. The zero-order chi connectivity index (χ0) is 19.0. The van der Waals surface area contributed by atoms with Crippen molar-refractivity contribution >= 4 is 0 Å². The third kappa shape index (κ3) is 5.62. The van der Waals surface area contributed by atoms with E-state index >= 15 is 0 Å². The van der Waals surface area contributed by atoms with Crippen molar-refractivity contribution in [2.45, 2.75) is 63.5 Å². The first-order valence-electron chi connectivity index (χ1n) is 11.4. The average Bonchev–Trinajstić information content (AvgIpc) is 2.81. The molecule has 1 aromatic rings. The molecule has 1 aromatic carbocycles. The van der Waals surface area contributed by atoms with E-state index in [0.717, 1.165) is 30.3 Å². The molecule has 0 atom stereocenters. The van der Waals surface area contributed by atoms with Crippen molar-refractivity contribution in [2.75, 3.05) is 46.1 Å². The molecule has 5 nitrogen and oxygen atoms in total.